The third kappa shape index (κ3) is 4.58. The summed E-state index contributed by atoms with van der Waals surface area (Å²) in [6, 6.07) is 3.48. The van der Waals surface area contributed by atoms with Crippen LogP contribution in [0.2, 0.25) is 0 Å². The summed E-state index contributed by atoms with van der Waals surface area (Å²) in [7, 11) is 1.63. The monoisotopic (exact) mass is 322 g/mol. The lowest BCUT2D eigenvalue weighted by Gasteiger charge is -2.24. The van der Waals surface area contributed by atoms with E-state index in [0.29, 0.717) is 12.3 Å². The highest BCUT2D eigenvalue weighted by Gasteiger charge is 2.36. The normalized spacial score (nSPS) is 20.3. The minimum absolute atomic E-state index is 0.0656. The van der Waals surface area contributed by atoms with E-state index in [-0.39, 0.29) is 18.2 Å². The molecule has 1 amide bonds. The Bertz CT molecular complexity index is 566. The van der Waals surface area contributed by atoms with Crippen LogP contribution in [0.4, 0.5) is 4.79 Å². The number of fused-ring (bicyclic) bond motifs is 1. The zero-order chi connectivity index (χ0) is 17.2. The van der Waals surface area contributed by atoms with Crippen LogP contribution in [0.25, 0.3) is 0 Å². The van der Waals surface area contributed by atoms with Gasteiger partial charge in [-0.2, -0.15) is 0 Å². The van der Waals surface area contributed by atoms with Gasteiger partial charge in [-0.05, 0) is 46.2 Å². The van der Waals surface area contributed by atoms with E-state index < -0.39 is 11.7 Å². The number of amides is 1. The van der Waals surface area contributed by atoms with Crippen LogP contribution in [0.1, 0.15) is 51.9 Å². The molecule has 0 saturated carbocycles. The molecule has 1 aromatic rings. The van der Waals surface area contributed by atoms with E-state index in [1.54, 1.807) is 7.11 Å². The Morgan fingerprint density at radius 2 is 2.04 bits per heavy atom. The first-order chi connectivity index (χ1) is 10.7. The van der Waals surface area contributed by atoms with E-state index in [9.17, 15) is 4.79 Å². The number of hydrogen-bond donors (Lipinski definition) is 1. The molecule has 6 nitrogen and oxygen atoms in total. The van der Waals surface area contributed by atoms with Gasteiger partial charge in [0.05, 0.1) is 23.9 Å². The van der Waals surface area contributed by atoms with Crippen LogP contribution in [0.3, 0.4) is 0 Å². The van der Waals surface area contributed by atoms with Gasteiger partial charge in [0.1, 0.15) is 5.60 Å². The minimum Gasteiger partial charge on any atom is -0.475 e. The van der Waals surface area contributed by atoms with Gasteiger partial charge in [0.25, 0.3) is 0 Å². The summed E-state index contributed by atoms with van der Waals surface area (Å²) < 4.78 is 16.5. The lowest BCUT2D eigenvalue weighted by Crippen LogP contribution is -2.38. The molecule has 0 aliphatic heterocycles. The van der Waals surface area contributed by atoms with Crippen LogP contribution in [0.5, 0.6) is 5.88 Å². The Kier molecular flexibility index (Phi) is 5.14. The number of nitrogens with one attached hydrogen (secondary N) is 1. The Hall–Kier alpha value is -1.82. The summed E-state index contributed by atoms with van der Waals surface area (Å²) in [4.78, 5) is 16.6. The van der Waals surface area contributed by atoms with Gasteiger partial charge in [-0.25, -0.2) is 9.78 Å². The van der Waals surface area contributed by atoms with E-state index in [1.807, 2.05) is 46.8 Å². The summed E-state index contributed by atoms with van der Waals surface area (Å²) in [6.07, 6.45) is 0.0665. The van der Waals surface area contributed by atoms with Crippen LogP contribution in [0.15, 0.2) is 12.1 Å². The molecule has 2 rings (SSSR count). The molecule has 1 aliphatic carbocycles. The standard InChI is InChI=1S/C17H26N2O4/c1-10(2)22-14-8-7-11-12(18-14)9-13(21-6)15(11)19-16(20)23-17(3,4)5/h7-8,10,13,15H,9H2,1-6H3,(H,19,20). The quantitative estimate of drug-likeness (QED) is 0.923. The van der Waals surface area contributed by atoms with Crippen molar-refractivity contribution >= 4 is 6.09 Å². The minimum atomic E-state index is -0.540. The SMILES string of the molecule is COC1Cc2nc(OC(C)C)ccc2C1NC(=O)OC(C)(C)C. The molecule has 1 aromatic heterocycles. The highest BCUT2D eigenvalue weighted by atomic mass is 16.6. The summed E-state index contributed by atoms with van der Waals surface area (Å²) in [6.45, 7) is 9.42. The van der Waals surface area contributed by atoms with Crippen LogP contribution in [-0.4, -0.2) is 36.0 Å². The van der Waals surface area contributed by atoms with E-state index in [1.165, 1.54) is 0 Å². The highest BCUT2D eigenvalue weighted by Crippen LogP contribution is 2.33. The van der Waals surface area contributed by atoms with Crippen molar-refractivity contribution in [1.82, 2.24) is 10.3 Å². The number of carbonyl (C=O) groups is 1. The average molecular weight is 322 g/mol. The molecule has 0 aromatic carbocycles. The van der Waals surface area contributed by atoms with Gasteiger partial charge in [-0.15, -0.1) is 0 Å². The molecule has 23 heavy (non-hydrogen) atoms. The fourth-order valence-corrected chi connectivity index (χ4v) is 2.58. The maximum atomic E-state index is 12.1. The summed E-state index contributed by atoms with van der Waals surface area (Å²) >= 11 is 0. The molecule has 1 heterocycles. The summed E-state index contributed by atoms with van der Waals surface area (Å²) in [5, 5.41) is 2.89. The molecule has 0 bridgehead atoms. The van der Waals surface area contributed by atoms with Crippen molar-refractivity contribution in [3.8, 4) is 5.88 Å². The van der Waals surface area contributed by atoms with Crippen LogP contribution in [0, 0.1) is 0 Å². The van der Waals surface area contributed by atoms with Crippen molar-refractivity contribution in [2.45, 2.75) is 64.9 Å². The van der Waals surface area contributed by atoms with Gasteiger partial charge in [-0.1, -0.05) is 0 Å². The third-order valence-electron chi connectivity index (χ3n) is 3.42. The molecule has 0 fully saturated rings. The van der Waals surface area contributed by atoms with Gasteiger partial charge < -0.3 is 19.5 Å². The van der Waals surface area contributed by atoms with Crippen molar-refractivity contribution in [3.05, 3.63) is 23.4 Å². The van der Waals surface area contributed by atoms with Gasteiger partial charge in [0.15, 0.2) is 0 Å². The summed E-state index contributed by atoms with van der Waals surface area (Å²) in [5.74, 6) is 0.589. The number of nitrogens with zero attached hydrogens (tertiary/aromatic N) is 1. The molecule has 1 N–H and O–H groups in total. The smallest absolute Gasteiger partial charge is 0.408 e. The van der Waals surface area contributed by atoms with Gasteiger partial charge >= 0.3 is 6.09 Å². The zero-order valence-electron chi connectivity index (χ0n) is 14.7. The molecule has 6 heteroatoms. The van der Waals surface area contributed by atoms with Crippen molar-refractivity contribution in [2.24, 2.45) is 0 Å². The van der Waals surface area contributed by atoms with Crippen LogP contribution < -0.4 is 10.1 Å². The molecule has 2 atom stereocenters. The first kappa shape index (κ1) is 17.5. The van der Waals surface area contributed by atoms with Gasteiger partial charge in [0, 0.05) is 19.6 Å². The average Bonchev–Trinajstić information content (AvgIpc) is 2.73. The molecule has 1 aliphatic rings. The lowest BCUT2D eigenvalue weighted by atomic mass is 10.1. The lowest BCUT2D eigenvalue weighted by molar-refractivity contribution is 0.0368. The third-order valence-corrected chi connectivity index (χ3v) is 3.42. The molecule has 2 unspecified atom stereocenters. The Balaban J connectivity index is 2.16. The molecular formula is C17H26N2O4. The van der Waals surface area contributed by atoms with Crippen molar-refractivity contribution < 1.29 is 19.0 Å². The van der Waals surface area contributed by atoms with Crippen molar-refractivity contribution in [3.63, 3.8) is 0 Å². The topological polar surface area (TPSA) is 69.7 Å². The number of pyridine rings is 1. The molecule has 0 radical (unpaired) electrons. The zero-order valence-corrected chi connectivity index (χ0v) is 14.7. The maximum absolute atomic E-state index is 12.1. The number of aromatic nitrogens is 1. The highest BCUT2D eigenvalue weighted by molar-refractivity contribution is 5.69. The number of carbonyl (C=O) groups excluding carboxylic acids is 1. The first-order valence-corrected chi connectivity index (χ1v) is 7.88. The Labute approximate surface area is 137 Å². The van der Waals surface area contributed by atoms with Gasteiger partial charge in [-0.3, -0.25) is 0 Å². The fraction of sp³-hybridized carbons (Fsp3) is 0.647. The second kappa shape index (κ2) is 6.74. The van der Waals surface area contributed by atoms with Crippen molar-refractivity contribution in [2.75, 3.05) is 7.11 Å². The molecule has 0 spiro atoms. The molecule has 128 valence electrons. The number of ether oxygens (including phenoxy) is 3. The summed E-state index contributed by atoms with van der Waals surface area (Å²) in [5.41, 5.74) is 1.29. The second-order valence-corrected chi connectivity index (χ2v) is 6.95. The second-order valence-electron chi connectivity index (χ2n) is 6.95. The number of rotatable bonds is 4. The Morgan fingerprint density at radius 1 is 1.35 bits per heavy atom. The molecule has 0 saturated heterocycles. The number of methoxy groups -OCH3 is 1. The maximum Gasteiger partial charge on any atom is 0.408 e. The number of alkyl carbamates (subject to hydrolysis) is 1. The predicted molar refractivity (Wildman–Crippen MR) is 86.6 cm³/mol. The van der Waals surface area contributed by atoms with Crippen LogP contribution >= 0.6 is 0 Å². The van der Waals surface area contributed by atoms with E-state index in [4.69, 9.17) is 14.2 Å². The van der Waals surface area contributed by atoms with E-state index in [2.05, 4.69) is 10.3 Å². The fourth-order valence-electron chi connectivity index (χ4n) is 2.58. The largest absolute Gasteiger partial charge is 0.475 e. The van der Waals surface area contributed by atoms with E-state index >= 15 is 0 Å². The van der Waals surface area contributed by atoms with E-state index in [0.717, 1.165) is 11.3 Å². The molecular weight excluding hydrogens is 296 g/mol. The van der Waals surface area contributed by atoms with Crippen molar-refractivity contribution in [1.29, 1.82) is 0 Å². The van der Waals surface area contributed by atoms with Crippen LogP contribution in [-0.2, 0) is 15.9 Å². The Morgan fingerprint density at radius 3 is 2.61 bits per heavy atom. The predicted octanol–water partition coefficient (Wildman–Crippen LogP) is 3.01. The van der Waals surface area contributed by atoms with Gasteiger partial charge in [0.2, 0.25) is 5.88 Å². The number of hydrogen-bond acceptors (Lipinski definition) is 5. The first-order valence-electron chi connectivity index (χ1n) is 7.88.